The SMILES string of the molecule is O=C(NCC1CCCN(c2nc3ccccc3o2)C1)C1CCCN1. The summed E-state index contributed by atoms with van der Waals surface area (Å²) in [4.78, 5) is 18.9. The van der Waals surface area contributed by atoms with Crippen LogP contribution in [0.4, 0.5) is 6.01 Å². The molecular weight excluding hydrogens is 304 g/mol. The molecule has 1 aromatic heterocycles. The first-order valence-electron chi connectivity index (χ1n) is 8.91. The van der Waals surface area contributed by atoms with Crippen LogP contribution in [0.25, 0.3) is 11.1 Å². The van der Waals surface area contributed by atoms with Crippen LogP contribution < -0.4 is 15.5 Å². The number of hydrogen-bond donors (Lipinski definition) is 2. The molecule has 1 amide bonds. The third-order valence-electron chi connectivity index (χ3n) is 5.01. The summed E-state index contributed by atoms with van der Waals surface area (Å²) in [6.45, 7) is 3.52. The number of piperidine rings is 1. The summed E-state index contributed by atoms with van der Waals surface area (Å²) in [5, 5.41) is 6.36. The highest BCUT2D eigenvalue weighted by Gasteiger charge is 2.26. The molecule has 2 atom stereocenters. The first-order chi connectivity index (χ1) is 11.8. The van der Waals surface area contributed by atoms with Gasteiger partial charge in [0.2, 0.25) is 5.91 Å². The Hall–Kier alpha value is -2.08. The lowest BCUT2D eigenvalue weighted by atomic mass is 9.98. The molecule has 2 N–H and O–H groups in total. The summed E-state index contributed by atoms with van der Waals surface area (Å²) < 4.78 is 5.88. The summed E-state index contributed by atoms with van der Waals surface area (Å²) in [5.74, 6) is 0.589. The van der Waals surface area contributed by atoms with Crippen LogP contribution in [0.1, 0.15) is 25.7 Å². The highest BCUT2D eigenvalue weighted by atomic mass is 16.4. The second-order valence-electron chi connectivity index (χ2n) is 6.81. The number of fused-ring (bicyclic) bond motifs is 1. The maximum Gasteiger partial charge on any atom is 0.298 e. The number of hydrogen-bond acceptors (Lipinski definition) is 5. The van der Waals surface area contributed by atoms with Crippen molar-refractivity contribution in [3.05, 3.63) is 24.3 Å². The van der Waals surface area contributed by atoms with Crippen molar-refractivity contribution < 1.29 is 9.21 Å². The number of aromatic nitrogens is 1. The van der Waals surface area contributed by atoms with Crippen molar-refractivity contribution >= 4 is 23.0 Å². The first kappa shape index (κ1) is 15.4. The van der Waals surface area contributed by atoms with Gasteiger partial charge in [-0.05, 0) is 50.3 Å². The molecule has 2 unspecified atom stereocenters. The van der Waals surface area contributed by atoms with Crippen LogP contribution in [0.5, 0.6) is 0 Å². The van der Waals surface area contributed by atoms with Gasteiger partial charge in [-0.25, -0.2) is 0 Å². The van der Waals surface area contributed by atoms with Crippen LogP contribution in [0, 0.1) is 5.92 Å². The molecule has 2 saturated heterocycles. The lowest BCUT2D eigenvalue weighted by molar-refractivity contribution is -0.122. The monoisotopic (exact) mass is 328 g/mol. The predicted octanol–water partition coefficient (Wildman–Crippen LogP) is 1.91. The van der Waals surface area contributed by atoms with E-state index in [9.17, 15) is 4.79 Å². The van der Waals surface area contributed by atoms with Crippen LogP contribution in [-0.2, 0) is 4.79 Å². The van der Waals surface area contributed by atoms with Crippen LogP contribution in [0.3, 0.4) is 0 Å². The van der Waals surface area contributed by atoms with Crippen LogP contribution in [0.2, 0.25) is 0 Å². The Morgan fingerprint density at radius 3 is 3.08 bits per heavy atom. The number of para-hydroxylation sites is 2. The Kier molecular flexibility index (Phi) is 4.38. The second kappa shape index (κ2) is 6.81. The van der Waals surface area contributed by atoms with E-state index < -0.39 is 0 Å². The molecule has 6 heteroatoms. The summed E-state index contributed by atoms with van der Waals surface area (Å²) >= 11 is 0. The van der Waals surface area contributed by atoms with Gasteiger partial charge in [-0.1, -0.05) is 12.1 Å². The number of amides is 1. The number of benzene rings is 1. The zero-order valence-electron chi connectivity index (χ0n) is 13.8. The van der Waals surface area contributed by atoms with Gasteiger partial charge in [0, 0.05) is 19.6 Å². The van der Waals surface area contributed by atoms with Gasteiger partial charge >= 0.3 is 0 Å². The highest BCUT2D eigenvalue weighted by Crippen LogP contribution is 2.26. The van der Waals surface area contributed by atoms with Crippen molar-refractivity contribution in [1.82, 2.24) is 15.6 Å². The van der Waals surface area contributed by atoms with Crippen molar-refractivity contribution in [2.75, 3.05) is 31.1 Å². The maximum absolute atomic E-state index is 12.1. The zero-order valence-corrected chi connectivity index (χ0v) is 13.8. The van der Waals surface area contributed by atoms with Crippen LogP contribution in [-0.4, -0.2) is 43.1 Å². The zero-order chi connectivity index (χ0) is 16.4. The molecule has 128 valence electrons. The Morgan fingerprint density at radius 2 is 2.25 bits per heavy atom. The van der Waals surface area contributed by atoms with Gasteiger partial charge in [0.25, 0.3) is 6.01 Å². The molecule has 2 fully saturated rings. The average Bonchev–Trinajstić information content (AvgIpc) is 3.29. The third kappa shape index (κ3) is 3.24. The van der Waals surface area contributed by atoms with Gasteiger partial charge in [0.1, 0.15) is 5.52 Å². The quantitative estimate of drug-likeness (QED) is 0.897. The Balaban J connectivity index is 1.35. The molecule has 3 heterocycles. The van der Waals surface area contributed by atoms with Gasteiger partial charge in [-0.15, -0.1) is 0 Å². The number of oxazole rings is 1. The van der Waals surface area contributed by atoms with E-state index in [-0.39, 0.29) is 11.9 Å². The molecule has 2 aliphatic heterocycles. The summed E-state index contributed by atoms with van der Waals surface area (Å²) in [6, 6.07) is 8.55. The summed E-state index contributed by atoms with van der Waals surface area (Å²) in [6.07, 6.45) is 4.27. The number of anilines is 1. The van der Waals surface area contributed by atoms with E-state index in [2.05, 4.69) is 20.5 Å². The average molecular weight is 328 g/mol. The highest BCUT2D eigenvalue weighted by molar-refractivity contribution is 5.82. The molecule has 0 saturated carbocycles. The fourth-order valence-corrected chi connectivity index (χ4v) is 3.68. The lowest BCUT2D eigenvalue weighted by Gasteiger charge is -2.31. The number of nitrogens with one attached hydrogen (secondary N) is 2. The molecule has 4 rings (SSSR count). The minimum absolute atomic E-state index is 0.00160. The predicted molar refractivity (Wildman–Crippen MR) is 93.0 cm³/mol. The molecular formula is C18H24N4O2. The number of carbonyl (C=O) groups is 1. The van der Waals surface area contributed by atoms with Crippen molar-refractivity contribution in [2.45, 2.75) is 31.7 Å². The van der Waals surface area contributed by atoms with Crippen molar-refractivity contribution in [3.8, 4) is 0 Å². The smallest absolute Gasteiger partial charge is 0.298 e. The number of nitrogens with zero attached hydrogens (tertiary/aromatic N) is 2. The van der Waals surface area contributed by atoms with Gasteiger partial charge in [0.15, 0.2) is 5.58 Å². The molecule has 24 heavy (non-hydrogen) atoms. The van der Waals surface area contributed by atoms with E-state index in [0.29, 0.717) is 11.9 Å². The van der Waals surface area contributed by atoms with E-state index in [1.54, 1.807) is 0 Å². The fourth-order valence-electron chi connectivity index (χ4n) is 3.68. The molecule has 2 aromatic rings. The normalized spacial score (nSPS) is 24.4. The van der Waals surface area contributed by atoms with E-state index >= 15 is 0 Å². The van der Waals surface area contributed by atoms with Gasteiger partial charge in [-0.3, -0.25) is 4.79 Å². The van der Waals surface area contributed by atoms with E-state index in [1.165, 1.54) is 0 Å². The van der Waals surface area contributed by atoms with Crippen molar-refractivity contribution in [3.63, 3.8) is 0 Å². The van der Waals surface area contributed by atoms with Gasteiger partial charge in [0.05, 0.1) is 6.04 Å². The van der Waals surface area contributed by atoms with Crippen molar-refractivity contribution in [2.24, 2.45) is 5.92 Å². The molecule has 1 aromatic carbocycles. The molecule has 2 aliphatic rings. The Morgan fingerprint density at radius 1 is 1.33 bits per heavy atom. The van der Waals surface area contributed by atoms with Crippen molar-refractivity contribution in [1.29, 1.82) is 0 Å². The first-order valence-corrected chi connectivity index (χ1v) is 8.91. The standard InChI is InChI=1S/C18H24N4O2/c23-17(15-7-3-9-19-15)20-11-13-5-4-10-22(12-13)18-21-14-6-1-2-8-16(14)24-18/h1-2,6,8,13,15,19H,3-5,7,9-12H2,(H,20,23). The van der Waals surface area contributed by atoms with E-state index in [4.69, 9.17) is 4.42 Å². The molecule has 0 spiro atoms. The number of carbonyl (C=O) groups excluding carboxylic acids is 1. The molecule has 6 nitrogen and oxygen atoms in total. The topological polar surface area (TPSA) is 70.4 Å². The van der Waals surface area contributed by atoms with E-state index in [0.717, 1.165) is 63.0 Å². The Bertz CT molecular complexity index is 675. The fraction of sp³-hybridized carbons (Fsp3) is 0.556. The van der Waals surface area contributed by atoms with Crippen LogP contribution in [0.15, 0.2) is 28.7 Å². The number of rotatable bonds is 4. The van der Waals surface area contributed by atoms with Gasteiger partial charge < -0.3 is 20.0 Å². The maximum atomic E-state index is 12.1. The minimum Gasteiger partial charge on any atom is -0.423 e. The minimum atomic E-state index is 0.00160. The summed E-state index contributed by atoms with van der Waals surface area (Å²) in [5.41, 5.74) is 1.73. The molecule has 0 bridgehead atoms. The molecule has 0 radical (unpaired) electrons. The third-order valence-corrected chi connectivity index (χ3v) is 5.01. The largest absolute Gasteiger partial charge is 0.423 e. The lowest BCUT2D eigenvalue weighted by Crippen LogP contribution is -2.45. The Labute approximate surface area is 141 Å². The van der Waals surface area contributed by atoms with E-state index in [1.807, 2.05) is 24.3 Å². The van der Waals surface area contributed by atoms with Crippen LogP contribution >= 0.6 is 0 Å². The van der Waals surface area contributed by atoms with Gasteiger partial charge in [-0.2, -0.15) is 4.98 Å². The summed E-state index contributed by atoms with van der Waals surface area (Å²) in [7, 11) is 0. The molecule has 0 aliphatic carbocycles. The second-order valence-corrected chi connectivity index (χ2v) is 6.81.